The number of halogens is 1. The quantitative estimate of drug-likeness (QED) is 0.311. The van der Waals surface area contributed by atoms with Gasteiger partial charge in [0, 0.05) is 5.69 Å². The number of nitrogen functional groups attached to an aromatic ring is 1. The van der Waals surface area contributed by atoms with E-state index in [2.05, 4.69) is 0 Å². The van der Waals surface area contributed by atoms with Crippen LogP contribution in [0.3, 0.4) is 0 Å². The van der Waals surface area contributed by atoms with Crippen molar-refractivity contribution in [3.8, 4) is 0 Å². The Hall–Kier alpha value is -1.24. The topological polar surface area (TPSA) is 92.8 Å². The summed E-state index contributed by atoms with van der Waals surface area (Å²) in [6, 6.07) is 4.20. The van der Waals surface area contributed by atoms with Crippen molar-refractivity contribution < 1.29 is 19.6 Å². The lowest BCUT2D eigenvalue weighted by atomic mass is 9.79. The van der Waals surface area contributed by atoms with E-state index in [1.807, 2.05) is 6.92 Å². The summed E-state index contributed by atoms with van der Waals surface area (Å²) in [5.41, 5.74) is 6.25. The average Bonchev–Trinajstić information content (AvgIpc) is 2.28. The van der Waals surface area contributed by atoms with E-state index in [-0.39, 0.29) is 29.1 Å². The molecule has 18 heavy (non-hydrogen) atoms. The van der Waals surface area contributed by atoms with E-state index in [0.717, 1.165) is 12.8 Å². The highest BCUT2D eigenvalue weighted by atomic mass is 35.5. The van der Waals surface area contributed by atoms with Gasteiger partial charge in [0.2, 0.25) is 0 Å². The molecule has 1 aromatic carbocycles. The number of esters is 1. The van der Waals surface area contributed by atoms with E-state index in [1.54, 1.807) is 0 Å². The normalized spacial score (nSPS) is 9.50. The second-order valence-corrected chi connectivity index (χ2v) is 3.75. The molecule has 0 spiro atoms. The Balaban J connectivity index is 0.00000289. The van der Waals surface area contributed by atoms with Crippen LogP contribution in [-0.4, -0.2) is 29.7 Å². The van der Waals surface area contributed by atoms with Crippen molar-refractivity contribution in [3.63, 3.8) is 0 Å². The van der Waals surface area contributed by atoms with Crippen molar-refractivity contribution in [2.75, 3.05) is 12.3 Å². The predicted molar refractivity (Wildman–Crippen MR) is 73.1 cm³/mol. The van der Waals surface area contributed by atoms with Crippen LogP contribution in [0.2, 0.25) is 0 Å². The van der Waals surface area contributed by atoms with Gasteiger partial charge in [-0.1, -0.05) is 13.3 Å². The molecule has 0 aliphatic carbocycles. The number of unbranched alkanes of at least 4 members (excludes halogenated alkanes) is 1. The highest BCUT2D eigenvalue weighted by molar-refractivity contribution is 6.58. The molecule has 0 aliphatic heterocycles. The Kier molecular flexibility index (Phi) is 7.42. The molecule has 5 nitrogen and oxygen atoms in total. The van der Waals surface area contributed by atoms with E-state index in [4.69, 9.17) is 20.5 Å². The molecule has 0 unspecified atom stereocenters. The summed E-state index contributed by atoms with van der Waals surface area (Å²) in [4.78, 5) is 11.6. The highest BCUT2D eigenvalue weighted by Gasteiger charge is 2.15. The van der Waals surface area contributed by atoms with Gasteiger partial charge in [0.25, 0.3) is 0 Å². The number of hydrogen-bond acceptors (Lipinski definition) is 5. The maximum absolute atomic E-state index is 11.6. The molecule has 1 aromatic rings. The van der Waals surface area contributed by atoms with E-state index >= 15 is 0 Å². The third-order valence-electron chi connectivity index (χ3n) is 2.24. The van der Waals surface area contributed by atoms with Crippen molar-refractivity contribution in [2.45, 2.75) is 19.8 Å². The Morgan fingerprint density at radius 1 is 1.39 bits per heavy atom. The van der Waals surface area contributed by atoms with E-state index < -0.39 is 13.1 Å². The summed E-state index contributed by atoms with van der Waals surface area (Å²) in [6.45, 7) is 2.34. The molecular formula is C11H17BClNO4. The molecule has 0 aromatic heterocycles. The second-order valence-electron chi connectivity index (χ2n) is 3.75. The molecule has 100 valence electrons. The Morgan fingerprint density at radius 2 is 2.06 bits per heavy atom. The second kappa shape index (κ2) is 7.97. The van der Waals surface area contributed by atoms with Crippen molar-refractivity contribution in [2.24, 2.45) is 0 Å². The van der Waals surface area contributed by atoms with Crippen molar-refractivity contribution in [1.82, 2.24) is 0 Å². The van der Waals surface area contributed by atoms with Gasteiger partial charge in [-0.25, -0.2) is 4.79 Å². The molecule has 0 aliphatic rings. The molecule has 0 fully saturated rings. The minimum atomic E-state index is -1.65. The summed E-state index contributed by atoms with van der Waals surface area (Å²) in [5.74, 6) is -0.507. The number of hydrogen-bond donors (Lipinski definition) is 3. The van der Waals surface area contributed by atoms with Gasteiger partial charge >= 0.3 is 13.1 Å². The number of nitrogens with two attached hydrogens (primary N) is 1. The molecule has 0 heterocycles. The van der Waals surface area contributed by atoms with Crippen LogP contribution < -0.4 is 11.2 Å². The van der Waals surface area contributed by atoms with Crippen molar-refractivity contribution in [3.05, 3.63) is 23.8 Å². The van der Waals surface area contributed by atoms with Crippen LogP contribution in [0, 0.1) is 0 Å². The molecule has 4 N–H and O–H groups in total. The number of carbonyl (C=O) groups is 1. The number of rotatable bonds is 5. The lowest BCUT2D eigenvalue weighted by Crippen LogP contribution is -2.31. The Labute approximate surface area is 113 Å². The number of benzene rings is 1. The van der Waals surface area contributed by atoms with Crippen LogP contribution in [0.5, 0.6) is 0 Å². The van der Waals surface area contributed by atoms with Crippen LogP contribution >= 0.6 is 12.4 Å². The van der Waals surface area contributed by atoms with Crippen LogP contribution in [0.15, 0.2) is 18.2 Å². The number of carbonyl (C=O) groups excluding carboxylic acids is 1. The van der Waals surface area contributed by atoms with Gasteiger partial charge < -0.3 is 20.5 Å². The van der Waals surface area contributed by atoms with Crippen LogP contribution in [0.1, 0.15) is 30.1 Å². The molecule has 0 saturated heterocycles. The fourth-order valence-corrected chi connectivity index (χ4v) is 1.34. The Morgan fingerprint density at radius 3 is 2.61 bits per heavy atom. The molecule has 0 atom stereocenters. The van der Waals surface area contributed by atoms with Gasteiger partial charge in [-0.3, -0.25) is 0 Å². The molecule has 7 heteroatoms. The lowest BCUT2D eigenvalue weighted by Gasteiger charge is -2.07. The summed E-state index contributed by atoms with van der Waals surface area (Å²) in [6.07, 6.45) is 1.73. The van der Waals surface area contributed by atoms with Crippen molar-refractivity contribution >= 4 is 36.6 Å². The third-order valence-corrected chi connectivity index (χ3v) is 2.24. The van der Waals surface area contributed by atoms with Gasteiger partial charge in [-0.15, -0.1) is 12.4 Å². The van der Waals surface area contributed by atoms with E-state index in [0.29, 0.717) is 6.61 Å². The van der Waals surface area contributed by atoms with Gasteiger partial charge in [0.05, 0.1) is 12.2 Å². The lowest BCUT2D eigenvalue weighted by molar-refractivity contribution is 0.0500. The first-order chi connectivity index (χ1) is 8.04. The minimum Gasteiger partial charge on any atom is -0.462 e. The molecule has 0 bridgehead atoms. The molecule has 1 rings (SSSR count). The Bertz CT molecular complexity index is 401. The number of ether oxygens (including phenoxy) is 1. The zero-order chi connectivity index (χ0) is 12.8. The monoisotopic (exact) mass is 273 g/mol. The predicted octanol–water partition coefficient (Wildman–Crippen LogP) is 0.327. The van der Waals surface area contributed by atoms with Gasteiger partial charge in [0.15, 0.2) is 0 Å². The van der Waals surface area contributed by atoms with Gasteiger partial charge in [-0.05, 0) is 30.1 Å². The zero-order valence-corrected chi connectivity index (χ0v) is 10.9. The van der Waals surface area contributed by atoms with Crippen molar-refractivity contribution in [1.29, 1.82) is 0 Å². The average molecular weight is 274 g/mol. The number of anilines is 1. The smallest absolute Gasteiger partial charge is 0.462 e. The maximum Gasteiger partial charge on any atom is 0.488 e. The van der Waals surface area contributed by atoms with Crippen LogP contribution in [0.4, 0.5) is 5.69 Å². The van der Waals surface area contributed by atoms with Gasteiger partial charge in [0.1, 0.15) is 0 Å². The van der Waals surface area contributed by atoms with Gasteiger partial charge in [-0.2, -0.15) is 0 Å². The highest BCUT2D eigenvalue weighted by Crippen LogP contribution is 2.07. The fourth-order valence-electron chi connectivity index (χ4n) is 1.34. The standard InChI is InChI=1S/C11H16BNO4.ClH/c1-2-3-4-17-11(14)8-5-9(12(15)16)7-10(13)6-8;/h5-7,15-16H,2-4,13H2,1H3;1H. The summed E-state index contributed by atoms with van der Waals surface area (Å²) < 4.78 is 5.00. The van der Waals surface area contributed by atoms with E-state index in [1.165, 1.54) is 18.2 Å². The molecule has 0 amide bonds. The largest absolute Gasteiger partial charge is 0.488 e. The molecule has 0 radical (unpaired) electrons. The SMILES string of the molecule is CCCCOC(=O)c1cc(N)cc(B(O)O)c1.Cl. The summed E-state index contributed by atoms with van der Waals surface area (Å²) >= 11 is 0. The zero-order valence-electron chi connectivity index (χ0n) is 10.1. The third kappa shape index (κ3) is 4.95. The van der Waals surface area contributed by atoms with Crippen LogP contribution in [0.25, 0.3) is 0 Å². The minimum absolute atomic E-state index is 0. The fraction of sp³-hybridized carbons (Fsp3) is 0.364. The first-order valence-corrected chi connectivity index (χ1v) is 5.48. The first kappa shape index (κ1) is 16.8. The summed E-state index contributed by atoms with van der Waals surface area (Å²) in [5, 5.41) is 18.0. The molecule has 0 saturated carbocycles. The van der Waals surface area contributed by atoms with E-state index in [9.17, 15) is 4.79 Å². The van der Waals surface area contributed by atoms with Crippen LogP contribution in [-0.2, 0) is 4.74 Å². The summed E-state index contributed by atoms with van der Waals surface area (Å²) in [7, 11) is -1.65. The maximum atomic E-state index is 11.6. The molecular weight excluding hydrogens is 256 g/mol. The first-order valence-electron chi connectivity index (χ1n) is 5.48.